The summed E-state index contributed by atoms with van der Waals surface area (Å²) in [5.74, 6) is -2.30. The summed E-state index contributed by atoms with van der Waals surface area (Å²) in [7, 11) is 0. The molecule has 2 aromatic heterocycles. The Morgan fingerprint density at radius 2 is 2.17 bits per heavy atom. The number of nitrogens with one attached hydrogen (secondary N) is 1. The number of halogens is 2. The van der Waals surface area contributed by atoms with E-state index in [-0.39, 0.29) is 11.1 Å². The van der Waals surface area contributed by atoms with Gasteiger partial charge in [-0.05, 0) is 19.1 Å². The molecule has 0 spiro atoms. The number of hydrogen-bond donors (Lipinski definition) is 1. The van der Waals surface area contributed by atoms with Crippen LogP contribution in [0.5, 0.6) is 0 Å². The molecule has 6 nitrogen and oxygen atoms in total. The van der Waals surface area contributed by atoms with Gasteiger partial charge >= 0.3 is 0 Å². The van der Waals surface area contributed by atoms with Crippen LogP contribution in [-0.4, -0.2) is 20.5 Å². The second-order valence-corrected chi connectivity index (χ2v) is 5.10. The Hall–Kier alpha value is -3.34. The third kappa shape index (κ3) is 2.79. The smallest absolute Gasteiger partial charge is 0.258 e. The molecule has 0 radical (unpaired) electrons. The SMILES string of the molecule is Cc1ccn2ncc(C(=O)N[C@@H](C#N)c3ccc(F)cc3F)c2n1. The largest absolute Gasteiger partial charge is 0.332 e. The zero-order chi connectivity index (χ0) is 17.3. The number of nitrogens with zero attached hydrogens (tertiary/aromatic N) is 4. The van der Waals surface area contributed by atoms with Gasteiger partial charge in [0.2, 0.25) is 0 Å². The Balaban J connectivity index is 1.92. The molecule has 2 heterocycles. The number of carbonyl (C=O) groups excluding carboxylic acids is 1. The molecule has 24 heavy (non-hydrogen) atoms. The molecule has 3 rings (SSSR count). The molecular weight excluding hydrogens is 316 g/mol. The summed E-state index contributed by atoms with van der Waals surface area (Å²) in [6, 6.07) is 5.06. The van der Waals surface area contributed by atoms with Gasteiger partial charge in [-0.2, -0.15) is 10.4 Å². The van der Waals surface area contributed by atoms with Crippen molar-refractivity contribution in [3.8, 4) is 6.07 Å². The number of nitriles is 1. The zero-order valence-electron chi connectivity index (χ0n) is 12.5. The Morgan fingerprint density at radius 3 is 2.88 bits per heavy atom. The molecule has 1 atom stereocenters. The molecule has 1 N–H and O–H groups in total. The highest BCUT2D eigenvalue weighted by Gasteiger charge is 2.21. The molecule has 0 unspecified atom stereocenters. The van der Waals surface area contributed by atoms with Crippen molar-refractivity contribution in [3.63, 3.8) is 0 Å². The summed E-state index contributed by atoms with van der Waals surface area (Å²) < 4.78 is 28.2. The number of hydrogen-bond acceptors (Lipinski definition) is 4. The number of aryl methyl sites for hydroxylation is 1. The highest BCUT2D eigenvalue weighted by Crippen LogP contribution is 2.19. The predicted molar refractivity (Wildman–Crippen MR) is 79.9 cm³/mol. The Morgan fingerprint density at radius 1 is 1.38 bits per heavy atom. The third-order valence-corrected chi connectivity index (χ3v) is 3.43. The first-order valence-electron chi connectivity index (χ1n) is 6.96. The maximum absolute atomic E-state index is 13.8. The van der Waals surface area contributed by atoms with E-state index in [4.69, 9.17) is 0 Å². The lowest BCUT2D eigenvalue weighted by atomic mass is 10.1. The number of carbonyl (C=O) groups is 1. The molecule has 1 aromatic carbocycles. The van der Waals surface area contributed by atoms with Gasteiger partial charge in [-0.25, -0.2) is 18.3 Å². The second-order valence-electron chi connectivity index (χ2n) is 5.10. The van der Waals surface area contributed by atoms with E-state index in [9.17, 15) is 18.8 Å². The van der Waals surface area contributed by atoms with Crippen molar-refractivity contribution in [1.29, 1.82) is 5.26 Å². The third-order valence-electron chi connectivity index (χ3n) is 3.43. The summed E-state index contributed by atoms with van der Waals surface area (Å²) >= 11 is 0. The van der Waals surface area contributed by atoms with Crippen LogP contribution < -0.4 is 5.32 Å². The van der Waals surface area contributed by atoms with Crippen LogP contribution in [-0.2, 0) is 0 Å². The highest BCUT2D eigenvalue weighted by molar-refractivity contribution is 6.00. The molecule has 0 fully saturated rings. The van der Waals surface area contributed by atoms with E-state index in [0.29, 0.717) is 17.4 Å². The maximum atomic E-state index is 13.8. The molecule has 0 bridgehead atoms. The lowest BCUT2D eigenvalue weighted by Crippen LogP contribution is -2.28. The van der Waals surface area contributed by atoms with Gasteiger partial charge in [0.1, 0.15) is 23.2 Å². The first-order valence-corrected chi connectivity index (χ1v) is 6.96. The van der Waals surface area contributed by atoms with Crippen molar-refractivity contribution in [1.82, 2.24) is 19.9 Å². The van der Waals surface area contributed by atoms with Crippen LogP contribution in [0.1, 0.15) is 27.7 Å². The summed E-state index contributed by atoms with van der Waals surface area (Å²) in [5.41, 5.74) is 1.05. The molecule has 3 aromatic rings. The van der Waals surface area contributed by atoms with E-state index in [2.05, 4.69) is 15.4 Å². The van der Waals surface area contributed by atoms with Crippen molar-refractivity contribution in [3.05, 3.63) is 65.1 Å². The molecule has 0 saturated heterocycles. The molecule has 0 aliphatic rings. The standard InChI is InChI=1S/C16H11F2N5O/c1-9-4-5-23-15(21-9)12(8-20-23)16(24)22-14(7-19)11-3-2-10(17)6-13(11)18/h2-6,8,14H,1H3,(H,22,24)/t14-/m0/s1. The average molecular weight is 327 g/mol. The number of benzene rings is 1. The Bertz CT molecular complexity index is 976. The molecule has 120 valence electrons. The fraction of sp³-hybridized carbons (Fsp3) is 0.125. The van der Waals surface area contributed by atoms with E-state index in [1.54, 1.807) is 25.3 Å². The van der Waals surface area contributed by atoms with Crippen LogP contribution in [0, 0.1) is 29.9 Å². The van der Waals surface area contributed by atoms with Crippen LogP contribution in [0.15, 0.2) is 36.7 Å². The average Bonchev–Trinajstić information content (AvgIpc) is 2.96. The number of amides is 1. The Kier molecular flexibility index (Phi) is 3.92. The fourth-order valence-electron chi connectivity index (χ4n) is 2.24. The first kappa shape index (κ1) is 15.6. The van der Waals surface area contributed by atoms with Gasteiger partial charge in [-0.3, -0.25) is 4.79 Å². The van der Waals surface area contributed by atoms with E-state index in [1.165, 1.54) is 10.7 Å². The predicted octanol–water partition coefficient (Wildman–Crippen LogP) is 2.31. The fourth-order valence-corrected chi connectivity index (χ4v) is 2.24. The second kappa shape index (κ2) is 6.04. The summed E-state index contributed by atoms with van der Waals surface area (Å²) in [5, 5.41) is 15.6. The lowest BCUT2D eigenvalue weighted by Gasteiger charge is -2.12. The molecule has 0 aliphatic heterocycles. The van der Waals surface area contributed by atoms with Crippen LogP contribution >= 0.6 is 0 Å². The first-order chi connectivity index (χ1) is 11.5. The Labute approximate surface area is 135 Å². The number of aromatic nitrogens is 3. The summed E-state index contributed by atoms with van der Waals surface area (Å²) in [6.07, 6.45) is 2.96. The van der Waals surface area contributed by atoms with E-state index in [1.807, 2.05) is 0 Å². The van der Waals surface area contributed by atoms with E-state index < -0.39 is 23.6 Å². The van der Waals surface area contributed by atoms with Gasteiger partial charge in [0.15, 0.2) is 5.65 Å². The minimum atomic E-state index is -1.27. The van der Waals surface area contributed by atoms with Gasteiger partial charge < -0.3 is 5.32 Å². The van der Waals surface area contributed by atoms with E-state index in [0.717, 1.165) is 12.1 Å². The lowest BCUT2D eigenvalue weighted by molar-refractivity contribution is 0.0946. The molecule has 0 saturated carbocycles. The topological polar surface area (TPSA) is 83.1 Å². The van der Waals surface area contributed by atoms with Crippen LogP contribution in [0.4, 0.5) is 8.78 Å². The highest BCUT2D eigenvalue weighted by atomic mass is 19.1. The van der Waals surface area contributed by atoms with Crippen molar-refractivity contribution in [2.24, 2.45) is 0 Å². The molecule has 8 heteroatoms. The monoisotopic (exact) mass is 327 g/mol. The number of rotatable bonds is 3. The normalized spacial score (nSPS) is 11.9. The van der Waals surface area contributed by atoms with Crippen molar-refractivity contribution in [2.45, 2.75) is 13.0 Å². The summed E-state index contributed by atoms with van der Waals surface area (Å²) in [4.78, 5) is 16.6. The molecule has 0 aliphatic carbocycles. The summed E-state index contributed by atoms with van der Waals surface area (Å²) in [6.45, 7) is 1.76. The minimum absolute atomic E-state index is 0.118. The molecular formula is C16H11F2N5O. The number of fused-ring (bicyclic) bond motifs is 1. The van der Waals surface area contributed by atoms with Crippen LogP contribution in [0.2, 0.25) is 0 Å². The van der Waals surface area contributed by atoms with Crippen LogP contribution in [0.25, 0.3) is 5.65 Å². The van der Waals surface area contributed by atoms with Gasteiger partial charge in [0, 0.05) is 23.5 Å². The van der Waals surface area contributed by atoms with Crippen molar-refractivity contribution in [2.75, 3.05) is 0 Å². The van der Waals surface area contributed by atoms with E-state index >= 15 is 0 Å². The van der Waals surface area contributed by atoms with Gasteiger partial charge in [0.05, 0.1) is 12.3 Å². The minimum Gasteiger partial charge on any atom is -0.332 e. The van der Waals surface area contributed by atoms with Gasteiger partial charge in [-0.1, -0.05) is 6.07 Å². The maximum Gasteiger partial charge on any atom is 0.258 e. The van der Waals surface area contributed by atoms with Gasteiger partial charge in [0.25, 0.3) is 5.91 Å². The van der Waals surface area contributed by atoms with Crippen LogP contribution in [0.3, 0.4) is 0 Å². The molecule has 1 amide bonds. The quantitative estimate of drug-likeness (QED) is 0.800. The van der Waals surface area contributed by atoms with Crippen molar-refractivity contribution < 1.29 is 13.6 Å². The van der Waals surface area contributed by atoms with Crippen molar-refractivity contribution >= 4 is 11.6 Å². The van der Waals surface area contributed by atoms with Gasteiger partial charge in [-0.15, -0.1) is 0 Å². The zero-order valence-corrected chi connectivity index (χ0v) is 12.5.